The highest BCUT2D eigenvalue weighted by molar-refractivity contribution is 7.88. The quantitative estimate of drug-likeness (QED) is 0.825. The van der Waals surface area contributed by atoms with Crippen molar-refractivity contribution in [1.82, 2.24) is 4.72 Å². The van der Waals surface area contributed by atoms with Crippen LogP contribution in [0.3, 0.4) is 0 Å². The van der Waals surface area contributed by atoms with E-state index in [-0.39, 0.29) is 17.9 Å². The highest BCUT2D eigenvalue weighted by Crippen LogP contribution is 2.38. The standard InChI is InChI=1S/C15H22N2O3S/c16-9-11-2-1-3-12(8-11)10-21(18,19)17-14-6-7-20-15(14)13-4-5-13/h1-3,8,13-15,17H,4-7,9-10,16H2. The molecule has 1 saturated heterocycles. The first kappa shape index (κ1) is 15.0. The summed E-state index contributed by atoms with van der Waals surface area (Å²) in [5.74, 6) is 0.537. The summed E-state index contributed by atoms with van der Waals surface area (Å²) in [6, 6.07) is 7.35. The Morgan fingerprint density at radius 2 is 2.00 bits per heavy atom. The highest BCUT2D eigenvalue weighted by Gasteiger charge is 2.41. The molecule has 2 atom stereocenters. The molecule has 0 amide bonds. The summed E-state index contributed by atoms with van der Waals surface area (Å²) in [6.45, 7) is 1.07. The zero-order valence-corrected chi connectivity index (χ0v) is 12.8. The Morgan fingerprint density at radius 1 is 1.24 bits per heavy atom. The van der Waals surface area contributed by atoms with Crippen molar-refractivity contribution in [1.29, 1.82) is 0 Å². The summed E-state index contributed by atoms with van der Waals surface area (Å²) in [5, 5.41) is 0. The van der Waals surface area contributed by atoms with Crippen molar-refractivity contribution in [3.05, 3.63) is 35.4 Å². The predicted octanol–water partition coefficient (Wildman–Crippen LogP) is 1.13. The van der Waals surface area contributed by atoms with Gasteiger partial charge in [-0.05, 0) is 36.3 Å². The van der Waals surface area contributed by atoms with Gasteiger partial charge in [0.2, 0.25) is 10.0 Å². The molecule has 1 aromatic rings. The molecular formula is C15H22N2O3S. The molecule has 5 nitrogen and oxygen atoms in total. The van der Waals surface area contributed by atoms with Crippen molar-refractivity contribution < 1.29 is 13.2 Å². The van der Waals surface area contributed by atoms with Crippen LogP contribution in [0.2, 0.25) is 0 Å². The molecule has 1 aromatic carbocycles. The van der Waals surface area contributed by atoms with Gasteiger partial charge in [-0.25, -0.2) is 13.1 Å². The molecule has 1 aliphatic heterocycles. The third kappa shape index (κ3) is 3.83. The average Bonchev–Trinajstić information content (AvgIpc) is 3.19. The second-order valence-corrected chi connectivity index (χ2v) is 7.72. The van der Waals surface area contributed by atoms with E-state index in [9.17, 15) is 8.42 Å². The van der Waals surface area contributed by atoms with Crippen molar-refractivity contribution in [2.75, 3.05) is 6.61 Å². The van der Waals surface area contributed by atoms with Crippen LogP contribution in [0, 0.1) is 5.92 Å². The number of nitrogens with two attached hydrogens (primary N) is 1. The van der Waals surface area contributed by atoms with Crippen LogP contribution in [0.15, 0.2) is 24.3 Å². The fourth-order valence-electron chi connectivity index (χ4n) is 2.96. The van der Waals surface area contributed by atoms with E-state index in [0.717, 1.165) is 30.4 Å². The first-order chi connectivity index (χ1) is 10.1. The average molecular weight is 310 g/mol. The third-order valence-electron chi connectivity index (χ3n) is 4.14. The number of benzene rings is 1. The summed E-state index contributed by atoms with van der Waals surface area (Å²) in [6.07, 6.45) is 3.14. The van der Waals surface area contributed by atoms with Crippen LogP contribution in [0.1, 0.15) is 30.4 Å². The second-order valence-electron chi connectivity index (χ2n) is 5.97. The van der Waals surface area contributed by atoms with Gasteiger partial charge in [0.15, 0.2) is 0 Å². The smallest absolute Gasteiger partial charge is 0.216 e. The van der Waals surface area contributed by atoms with Gasteiger partial charge in [-0.1, -0.05) is 24.3 Å². The van der Waals surface area contributed by atoms with E-state index in [2.05, 4.69) is 4.72 Å². The maximum Gasteiger partial charge on any atom is 0.216 e. The number of hydrogen-bond acceptors (Lipinski definition) is 4. The normalized spacial score (nSPS) is 26.1. The molecule has 1 heterocycles. The monoisotopic (exact) mass is 310 g/mol. The van der Waals surface area contributed by atoms with Gasteiger partial charge in [-0.2, -0.15) is 0 Å². The van der Waals surface area contributed by atoms with Crippen LogP contribution in [-0.4, -0.2) is 27.2 Å². The molecule has 2 fully saturated rings. The molecule has 0 bridgehead atoms. The molecule has 21 heavy (non-hydrogen) atoms. The summed E-state index contributed by atoms with van der Waals surface area (Å²) < 4.78 is 33.2. The maximum atomic E-state index is 12.3. The number of sulfonamides is 1. The molecule has 2 unspecified atom stereocenters. The van der Waals surface area contributed by atoms with Gasteiger partial charge in [0.1, 0.15) is 0 Å². The van der Waals surface area contributed by atoms with Gasteiger partial charge < -0.3 is 10.5 Å². The minimum absolute atomic E-state index is 0.00523. The van der Waals surface area contributed by atoms with E-state index in [4.69, 9.17) is 10.5 Å². The van der Waals surface area contributed by atoms with Crippen LogP contribution in [0.4, 0.5) is 0 Å². The van der Waals surface area contributed by atoms with Gasteiger partial charge in [0, 0.05) is 13.2 Å². The van der Waals surface area contributed by atoms with Gasteiger partial charge in [0.25, 0.3) is 0 Å². The van der Waals surface area contributed by atoms with E-state index < -0.39 is 10.0 Å². The molecule has 3 N–H and O–H groups in total. The molecule has 116 valence electrons. The first-order valence-electron chi connectivity index (χ1n) is 7.47. The van der Waals surface area contributed by atoms with Crippen LogP contribution in [0.25, 0.3) is 0 Å². The zero-order valence-electron chi connectivity index (χ0n) is 12.0. The SMILES string of the molecule is NCc1cccc(CS(=O)(=O)NC2CCOC2C2CC2)c1. The molecule has 1 saturated carbocycles. The van der Waals surface area contributed by atoms with Gasteiger partial charge >= 0.3 is 0 Å². The summed E-state index contributed by atoms with van der Waals surface area (Å²) in [7, 11) is -3.35. The Bertz CT molecular complexity index is 599. The van der Waals surface area contributed by atoms with E-state index in [1.54, 1.807) is 0 Å². The largest absolute Gasteiger partial charge is 0.376 e. The Labute approximate surface area is 125 Å². The second kappa shape index (κ2) is 6.04. The predicted molar refractivity (Wildman–Crippen MR) is 81.0 cm³/mol. The lowest BCUT2D eigenvalue weighted by molar-refractivity contribution is 0.0848. The lowest BCUT2D eigenvalue weighted by Crippen LogP contribution is -2.41. The molecule has 6 heteroatoms. The first-order valence-corrected chi connectivity index (χ1v) is 9.12. The third-order valence-corrected chi connectivity index (χ3v) is 5.51. The minimum Gasteiger partial charge on any atom is -0.376 e. The van der Waals surface area contributed by atoms with Crippen LogP contribution in [0.5, 0.6) is 0 Å². The Kier molecular flexibility index (Phi) is 4.31. The molecule has 1 aliphatic carbocycles. The van der Waals surface area contributed by atoms with Crippen molar-refractivity contribution in [2.45, 2.75) is 43.7 Å². The van der Waals surface area contributed by atoms with E-state index in [0.29, 0.717) is 19.1 Å². The number of hydrogen-bond donors (Lipinski definition) is 2. The Morgan fingerprint density at radius 3 is 2.71 bits per heavy atom. The number of nitrogens with one attached hydrogen (secondary N) is 1. The summed E-state index contributed by atoms with van der Waals surface area (Å²) in [4.78, 5) is 0. The van der Waals surface area contributed by atoms with Crippen LogP contribution in [-0.2, 0) is 27.1 Å². The lowest BCUT2D eigenvalue weighted by Gasteiger charge is -2.19. The Hall–Kier alpha value is -0.950. The highest BCUT2D eigenvalue weighted by atomic mass is 32.2. The van der Waals surface area contributed by atoms with E-state index in [1.165, 1.54) is 0 Å². The van der Waals surface area contributed by atoms with Gasteiger partial charge in [-0.15, -0.1) is 0 Å². The molecule has 0 aromatic heterocycles. The minimum atomic E-state index is -3.35. The maximum absolute atomic E-state index is 12.3. The van der Waals surface area contributed by atoms with Gasteiger partial charge in [0.05, 0.1) is 17.9 Å². The number of rotatable bonds is 6. The fourth-order valence-corrected chi connectivity index (χ4v) is 4.38. The van der Waals surface area contributed by atoms with Crippen molar-refractivity contribution in [3.63, 3.8) is 0 Å². The summed E-state index contributed by atoms with van der Waals surface area (Å²) >= 11 is 0. The number of ether oxygens (including phenoxy) is 1. The summed E-state index contributed by atoms with van der Waals surface area (Å²) in [5.41, 5.74) is 7.31. The molecule has 2 aliphatic rings. The van der Waals surface area contributed by atoms with Gasteiger partial charge in [-0.3, -0.25) is 0 Å². The van der Waals surface area contributed by atoms with Crippen molar-refractivity contribution in [2.24, 2.45) is 11.7 Å². The van der Waals surface area contributed by atoms with E-state index >= 15 is 0 Å². The van der Waals surface area contributed by atoms with E-state index in [1.807, 2.05) is 24.3 Å². The van der Waals surface area contributed by atoms with Crippen LogP contribution >= 0.6 is 0 Å². The molecular weight excluding hydrogens is 288 g/mol. The van der Waals surface area contributed by atoms with Crippen molar-refractivity contribution in [3.8, 4) is 0 Å². The molecule has 0 spiro atoms. The van der Waals surface area contributed by atoms with Crippen LogP contribution < -0.4 is 10.5 Å². The van der Waals surface area contributed by atoms with Crippen molar-refractivity contribution >= 4 is 10.0 Å². The molecule has 3 rings (SSSR count). The molecule has 0 radical (unpaired) electrons. The lowest BCUT2D eigenvalue weighted by atomic mass is 10.1. The zero-order chi connectivity index (χ0) is 14.9. The Balaban J connectivity index is 1.65. The topological polar surface area (TPSA) is 81.4 Å². The fraction of sp³-hybridized carbons (Fsp3) is 0.600.